The third kappa shape index (κ3) is 7.07. The zero-order valence-corrected chi connectivity index (χ0v) is 20.2. The topological polar surface area (TPSA) is 147 Å². The third-order valence-electron chi connectivity index (χ3n) is 4.69. The van der Waals surface area contributed by atoms with Crippen LogP contribution in [0.3, 0.4) is 0 Å². The van der Waals surface area contributed by atoms with Crippen molar-refractivity contribution in [1.29, 1.82) is 0 Å². The maximum absolute atomic E-state index is 14.6. The molecule has 1 aromatic carbocycles. The van der Waals surface area contributed by atoms with Gasteiger partial charge in [0.2, 0.25) is 6.23 Å². The lowest BCUT2D eigenvalue weighted by molar-refractivity contribution is -0.149. The van der Waals surface area contributed by atoms with Crippen LogP contribution in [0, 0.1) is 6.42 Å². The lowest BCUT2D eigenvalue weighted by Crippen LogP contribution is -2.40. The van der Waals surface area contributed by atoms with Crippen LogP contribution in [0.1, 0.15) is 27.0 Å². The number of hydrogen-bond donors (Lipinski definition) is 3. The molecule has 1 fully saturated rings. The Kier molecular flexibility index (Phi) is 8.26. The van der Waals surface area contributed by atoms with Crippen molar-refractivity contribution in [1.82, 2.24) is 19.7 Å². The molecule has 3 rings (SSSR count). The maximum Gasteiger partial charge on any atom is 0.391 e. The van der Waals surface area contributed by atoms with Gasteiger partial charge in [0.15, 0.2) is 0 Å². The van der Waals surface area contributed by atoms with E-state index in [0.29, 0.717) is 11.0 Å². The molecule has 11 nitrogen and oxygen atoms in total. The summed E-state index contributed by atoms with van der Waals surface area (Å²) < 4.78 is 59.5. The largest absolute Gasteiger partial charge is 0.462 e. The first-order valence-corrected chi connectivity index (χ1v) is 12.3. The Bertz CT molecular complexity index is 1130. The lowest BCUT2D eigenvalue weighted by atomic mass is 10.2. The number of halogens is 2. The summed E-state index contributed by atoms with van der Waals surface area (Å²) in [6.45, 7) is 4.35. The van der Waals surface area contributed by atoms with E-state index in [9.17, 15) is 22.9 Å². The Labute approximate surface area is 200 Å². The number of benzene rings is 1. The summed E-state index contributed by atoms with van der Waals surface area (Å²) in [5.41, 5.74) is 4.41. The second kappa shape index (κ2) is 10.8. The monoisotopic (exact) mass is 514 g/mol. The van der Waals surface area contributed by atoms with Gasteiger partial charge in [-0.05, 0) is 39.0 Å². The Balaban J connectivity index is 1.74. The van der Waals surface area contributed by atoms with Crippen LogP contribution in [0.25, 0.3) is 0 Å². The second-order valence-corrected chi connectivity index (χ2v) is 9.92. The Morgan fingerprint density at radius 2 is 1.97 bits per heavy atom. The van der Waals surface area contributed by atoms with Crippen LogP contribution in [-0.4, -0.2) is 46.2 Å². The highest BCUT2D eigenvalue weighted by Crippen LogP contribution is 2.43. The first kappa shape index (κ1) is 26.7. The number of nitrogens with two attached hydrogens (primary N) is 1. The van der Waals surface area contributed by atoms with E-state index in [0.717, 1.165) is 6.20 Å². The maximum atomic E-state index is 14.6. The van der Waals surface area contributed by atoms with Gasteiger partial charge < -0.3 is 19.7 Å². The summed E-state index contributed by atoms with van der Waals surface area (Å²) in [6, 6.07) is 8.23. The number of hydrogen-bond acceptors (Lipinski definition) is 8. The molecule has 0 aliphatic carbocycles. The van der Waals surface area contributed by atoms with Gasteiger partial charge in [-0.15, -0.1) is 0 Å². The van der Waals surface area contributed by atoms with Gasteiger partial charge in [0.25, 0.3) is 5.92 Å². The summed E-state index contributed by atoms with van der Waals surface area (Å²) in [4.78, 5) is 27.7. The minimum absolute atomic E-state index is 0.120. The molecule has 1 aliphatic heterocycles. The molecule has 35 heavy (non-hydrogen) atoms. The summed E-state index contributed by atoms with van der Waals surface area (Å²) in [5.74, 6) is -4.13. The molecule has 1 radical (unpaired) electrons. The number of para-hydroxylation sites is 1. The van der Waals surface area contributed by atoms with Crippen molar-refractivity contribution in [3.05, 3.63) is 59.5 Å². The van der Waals surface area contributed by atoms with Gasteiger partial charge in [-0.25, -0.2) is 28.3 Å². The molecule has 2 heterocycles. The number of ether oxygens (including phenoxy) is 2. The number of nitrogens with zero attached hydrogens (tertiary/aromatic N) is 2. The van der Waals surface area contributed by atoms with Crippen molar-refractivity contribution in [2.45, 2.75) is 51.2 Å². The van der Waals surface area contributed by atoms with Crippen LogP contribution in [0.5, 0.6) is 5.75 Å². The van der Waals surface area contributed by atoms with Gasteiger partial charge >= 0.3 is 19.3 Å². The van der Waals surface area contributed by atoms with Gasteiger partial charge in [-0.2, -0.15) is 4.98 Å². The summed E-state index contributed by atoms with van der Waals surface area (Å²) in [7, 11) is -4.04. The number of esters is 1. The summed E-state index contributed by atoms with van der Waals surface area (Å²) in [5, 5.41) is 5.12. The Morgan fingerprint density at radius 3 is 2.60 bits per heavy atom. The van der Waals surface area contributed by atoms with Crippen molar-refractivity contribution in [3.8, 4) is 5.75 Å². The van der Waals surface area contributed by atoms with E-state index in [1.165, 1.54) is 25.1 Å². The van der Waals surface area contributed by atoms with Crippen molar-refractivity contribution in [3.63, 3.8) is 0 Å². The fourth-order valence-corrected chi connectivity index (χ4v) is 4.84. The van der Waals surface area contributed by atoms with E-state index in [2.05, 4.69) is 15.2 Å². The van der Waals surface area contributed by atoms with Gasteiger partial charge in [0, 0.05) is 12.7 Å². The molecular formula is C21H27F2N5O6P. The highest BCUT2D eigenvalue weighted by molar-refractivity contribution is 7.55. The number of carbonyl (C=O) groups is 1. The summed E-state index contributed by atoms with van der Waals surface area (Å²) in [6.07, 6.45) is -2.01. The highest BCUT2D eigenvalue weighted by atomic mass is 31.2. The van der Waals surface area contributed by atoms with Crippen LogP contribution in [-0.2, 0) is 18.8 Å². The number of nitrogen functional groups attached to an aromatic ring is 1. The standard InChI is InChI=1S/C21H27F2N5O6P/c1-13(2)32-18(29)14(3)27-35(31,34-15-7-5-4-6-8-15)25-12-16-11-21(22,23)19(33-16)28-10-9-17(24)26-20(28)30/h4-11,13-14,16,19H,12H2,1-3H3,(H2,24,26,30)(H2,25,27,31)/t14-,16+,19-,35?/m0/s1. The van der Waals surface area contributed by atoms with E-state index in [1.54, 1.807) is 32.0 Å². The van der Waals surface area contributed by atoms with Crippen LogP contribution in [0.4, 0.5) is 14.6 Å². The van der Waals surface area contributed by atoms with Gasteiger partial charge in [0.1, 0.15) is 17.6 Å². The quantitative estimate of drug-likeness (QED) is 0.319. The second-order valence-electron chi connectivity index (χ2n) is 8.06. The average Bonchev–Trinajstić information content (AvgIpc) is 3.06. The Hall–Kier alpha value is -2.86. The first-order valence-electron chi connectivity index (χ1n) is 10.7. The zero-order chi connectivity index (χ0) is 25.8. The fourth-order valence-electron chi connectivity index (χ4n) is 3.17. The molecule has 0 saturated carbocycles. The molecule has 0 spiro atoms. The van der Waals surface area contributed by atoms with Crippen molar-refractivity contribution < 1.29 is 32.1 Å². The predicted molar refractivity (Wildman–Crippen MR) is 123 cm³/mol. The molecule has 1 aliphatic rings. The fraction of sp³-hybridized carbons (Fsp3) is 0.429. The van der Waals surface area contributed by atoms with E-state index < -0.39 is 56.3 Å². The molecule has 0 bridgehead atoms. The van der Waals surface area contributed by atoms with E-state index in [4.69, 9.17) is 19.7 Å². The number of carbonyl (C=O) groups excluding carboxylic acids is 1. The average molecular weight is 514 g/mol. The number of rotatable bonds is 10. The van der Waals surface area contributed by atoms with Crippen LogP contribution >= 0.6 is 7.67 Å². The molecular weight excluding hydrogens is 487 g/mol. The first-order chi connectivity index (χ1) is 16.4. The Morgan fingerprint density at radius 1 is 1.29 bits per heavy atom. The number of anilines is 1. The number of alkyl halides is 2. The third-order valence-corrected chi connectivity index (χ3v) is 6.49. The van der Waals surface area contributed by atoms with E-state index in [1.807, 2.05) is 0 Å². The minimum atomic E-state index is -4.04. The van der Waals surface area contributed by atoms with Gasteiger partial charge in [-0.1, -0.05) is 18.2 Å². The number of nitrogens with one attached hydrogen (secondary N) is 2. The molecule has 1 aromatic heterocycles. The summed E-state index contributed by atoms with van der Waals surface area (Å²) >= 11 is 0. The molecule has 0 amide bonds. The molecule has 1 saturated heterocycles. The lowest BCUT2D eigenvalue weighted by Gasteiger charge is -2.25. The smallest absolute Gasteiger partial charge is 0.391 e. The van der Waals surface area contributed by atoms with Gasteiger partial charge in [0.05, 0.1) is 18.6 Å². The highest BCUT2D eigenvalue weighted by Gasteiger charge is 2.52. The normalized spacial score (nSPS) is 21.9. The molecule has 1 unspecified atom stereocenters. The minimum Gasteiger partial charge on any atom is -0.462 e. The van der Waals surface area contributed by atoms with Crippen molar-refractivity contribution in [2.24, 2.45) is 0 Å². The van der Waals surface area contributed by atoms with E-state index in [-0.39, 0.29) is 11.6 Å². The SMILES string of the molecule is CC(C)OC(=O)[C@H](C)NP(=O)(NC[C@H]1[CH]C(F)(F)[C@@H](n2ccc(N)nc2=O)O1)Oc1ccccc1. The zero-order valence-electron chi connectivity index (χ0n) is 19.3. The molecule has 4 atom stereocenters. The van der Waals surface area contributed by atoms with Crippen molar-refractivity contribution in [2.75, 3.05) is 12.3 Å². The molecule has 4 N–H and O–H groups in total. The van der Waals surface area contributed by atoms with Gasteiger partial charge in [-0.3, -0.25) is 9.36 Å². The van der Waals surface area contributed by atoms with Crippen LogP contribution in [0.2, 0.25) is 0 Å². The predicted octanol–water partition coefficient (Wildman–Crippen LogP) is 2.27. The molecule has 14 heteroatoms. The van der Waals surface area contributed by atoms with Crippen LogP contribution in [0.15, 0.2) is 47.4 Å². The van der Waals surface area contributed by atoms with E-state index >= 15 is 0 Å². The van der Waals surface area contributed by atoms with Crippen LogP contribution < -0.4 is 26.1 Å². The number of aromatic nitrogens is 2. The molecule has 2 aromatic rings. The van der Waals surface area contributed by atoms with Crippen molar-refractivity contribution >= 4 is 19.5 Å². The molecule has 191 valence electrons.